The van der Waals surface area contributed by atoms with Crippen molar-refractivity contribution < 1.29 is 9.53 Å². The molecule has 3 heterocycles. The topological polar surface area (TPSA) is 58.6 Å². The normalized spacial score (nSPS) is 16.2. The van der Waals surface area contributed by atoms with E-state index in [0.717, 1.165) is 41.6 Å². The Balaban J connectivity index is 1.52. The molecule has 3 aromatic rings. The van der Waals surface area contributed by atoms with E-state index in [-0.39, 0.29) is 5.91 Å². The highest BCUT2D eigenvalue weighted by Gasteiger charge is 2.29. The largest absolute Gasteiger partial charge is 0.378 e. The Morgan fingerprint density at radius 3 is 2.55 bits per heavy atom. The third-order valence-corrected chi connectivity index (χ3v) is 5.97. The van der Waals surface area contributed by atoms with E-state index >= 15 is 0 Å². The molecule has 1 fully saturated rings. The molecule has 0 radical (unpaired) electrons. The van der Waals surface area contributed by atoms with Crippen LogP contribution in [0.2, 0.25) is 5.02 Å². The molecule has 0 aliphatic carbocycles. The van der Waals surface area contributed by atoms with Gasteiger partial charge in [0.2, 0.25) is 0 Å². The van der Waals surface area contributed by atoms with Gasteiger partial charge in [0, 0.05) is 47.8 Å². The summed E-state index contributed by atoms with van der Waals surface area (Å²) < 4.78 is 5.55. The summed E-state index contributed by atoms with van der Waals surface area (Å²) in [5.74, 6) is 1.62. The van der Waals surface area contributed by atoms with Crippen molar-refractivity contribution in [3.63, 3.8) is 0 Å². The number of hydrogen-bond acceptors (Lipinski definition) is 5. The van der Waals surface area contributed by atoms with Crippen molar-refractivity contribution in [2.75, 3.05) is 37.7 Å². The quantitative estimate of drug-likeness (QED) is 0.627. The minimum atomic E-state index is -0.0202. The highest BCUT2D eigenvalue weighted by molar-refractivity contribution is 6.30. The van der Waals surface area contributed by atoms with Crippen molar-refractivity contribution in [1.29, 1.82) is 0 Å². The van der Waals surface area contributed by atoms with Crippen LogP contribution in [0.1, 0.15) is 21.6 Å². The van der Waals surface area contributed by atoms with Gasteiger partial charge in [0.15, 0.2) is 5.82 Å². The monoisotopic (exact) mass is 434 g/mol. The zero-order valence-electron chi connectivity index (χ0n) is 17.1. The Morgan fingerprint density at radius 1 is 0.968 bits per heavy atom. The summed E-state index contributed by atoms with van der Waals surface area (Å²) in [6, 6.07) is 17.2. The van der Waals surface area contributed by atoms with E-state index in [1.165, 1.54) is 0 Å². The standard InChI is InChI=1S/C24H23ClN4O2/c25-19-8-4-7-18(15-19)24(30)29-10-9-21-20(16-29)23(28-11-13-31-14-12-28)27-22(26-21)17-5-2-1-3-6-17/h1-8,15H,9-14,16H2. The van der Waals surface area contributed by atoms with Crippen LogP contribution in [0, 0.1) is 0 Å². The lowest BCUT2D eigenvalue weighted by Crippen LogP contribution is -2.41. The van der Waals surface area contributed by atoms with Gasteiger partial charge < -0.3 is 14.5 Å². The zero-order valence-corrected chi connectivity index (χ0v) is 17.9. The lowest BCUT2D eigenvalue weighted by molar-refractivity contribution is 0.0733. The molecule has 0 spiro atoms. The van der Waals surface area contributed by atoms with Gasteiger partial charge in [-0.3, -0.25) is 4.79 Å². The molecular formula is C24H23ClN4O2. The van der Waals surface area contributed by atoms with Crippen molar-refractivity contribution in [3.05, 3.63) is 76.4 Å². The fourth-order valence-electron chi connectivity index (χ4n) is 4.13. The minimum Gasteiger partial charge on any atom is -0.378 e. The van der Waals surface area contributed by atoms with Crippen LogP contribution in [0.25, 0.3) is 11.4 Å². The number of aromatic nitrogens is 2. The molecule has 0 atom stereocenters. The summed E-state index contributed by atoms with van der Waals surface area (Å²) in [5, 5.41) is 0.563. The van der Waals surface area contributed by atoms with Crippen LogP contribution in [-0.2, 0) is 17.7 Å². The number of halogens is 1. The number of carbonyl (C=O) groups is 1. The van der Waals surface area contributed by atoms with Crippen LogP contribution < -0.4 is 4.90 Å². The molecular weight excluding hydrogens is 412 g/mol. The first-order valence-electron chi connectivity index (χ1n) is 10.5. The second-order valence-electron chi connectivity index (χ2n) is 7.75. The molecule has 0 N–H and O–H groups in total. The number of benzene rings is 2. The molecule has 158 valence electrons. The van der Waals surface area contributed by atoms with Gasteiger partial charge in [0.1, 0.15) is 5.82 Å². The Bertz CT molecular complexity index is 1100. The van der Waals surface area contributed by atoms with E-state index in [0.29, 0.717) is 43.3 Å². The summed E-state index contributed by atoms with van der Waals surface area (Å²) in [6.45, 7) is 4.00. The first-order chi connectivity index (χ1) is 15.2. The summed E-state index contributed by atoms with van der Waals surface area (Å²) in [7, 11) is 0. The fourth-order valence-corrected chi connectivity index (χ4v) is 4.32. The summed E-state index contributed by atoms with van der Waals surface area (Å²) in [5.41, 5.74) is 3.65. The summed E-state index contributed by atoms with van der Waals surface area (Å²) in [4.78, 5) is 27.1. The molecule has 31 heavy (non-hydrogen) atoms. The van der Waals surface area contributed by atoms with Crippen molar-refractivity contribution in [2.45, 2.75) is 13.0 Å². The average Bonchev–Trinajstić information content (AvgIpc) is 2.83. The number of rotatable bonds is 3. The van der Waals surface area contributed by atoms with Crippen LogP contribution in [0.5, 0.6) is 0 Å². The predicted molar refractivity (Wildman–Crippen MR) is 120 cm³/mol. The molecule has 2 aliphatic heterocycles. The Labute approximate surface area is 186 Å². The van der Waals surface area contributed by atoms with Gasteiger partial charge in [-0.25, -0.2) is 9.97 Å². The number of fused-ring (bicyclic) bond motifs is 1. The van der Waals surface area contributed by atoms with E-state index in [2.05, 4.69) is 4.90 Å². The van der Waals surface area contributed by atoms with E-state index < -0.39 is 0 Å². The average molecular weight is 435 g/mol. The van der Waals surface area contributed by atoms with Gasteiger partial charge in [0.25, 0.3) is 5.91 Å². The maximum absolute atomic E-state index is 13.1. The first-order valence-corrected chi connectivity index (χ1v) is 10.9. The van der Waals surface area contributed by atoms with Gasteiger partial charge in [-0.2, -0.15) is 0 Å². The van der Waals surface area contributed by atoms with Gasteiger partial charge in [0.05, 0.1) is 25.5 Å². The smallest absolute Gasteiger partial charge is 0.254 e. The molecule has 2 aliphatic rings. The highest BCUT2D eigenvalue weighted by Crippen LogP contribution is 2.31. The van der Waals surface area contributed by atoms with E-state index in [4.69, 9.17) is 26.3 Å². The molecule has 6 nitrogen and oxygen atoms in total. The van der Waals surface area contributed by atoms with Crippen LogP contribution in [-0.4, -0.2) is 53.6 Å². The van der Waals surface area contributed by atoms with Crippen LogP contribution in [0.3, 0.4) is 0 Å². The van der Waals surface area contributed by atoms with Gasteiger partial charge in [-0.15, -0.1) is 0 Å². The minimum absolute atomic E-state index is 0.0202. The SMILES string of the molecule is O=C(c1cccc(Cl)c1)N1CCc2nc(-c3ccccc3)nc(N3CCOCC3)c2C1. The molecule has 0 bridgehead atoms. The highest BCUT2D eigenvalue weighted by atomic mass is 35.5. The van der Waals surface area contributed by atoms with Crippen molar-refractivity contribution in [3.8, 4) is 11.4 Å². The zero-order chi connectivity index (χ0) is 21.2. The number of ether oxygens (including phenoxy) is 1. The molecule has 2 aromatic carbocycles. The van der Waals surface area contributed by atoms with Gasteiger partial charge >= 0.3 is 0 Å². The lowest BCUT2D eigenvalue weighted by Gasteiger charge is -2.34. The molecule has 0 unspecified atom stereocenters. The number of amides is 1. The van der Waals surface area contributed by atoms with E-state index in [9.17, 15) is 4.79 Å². The Kier molecular flexibility index (Phi) is 5.57. The Hall–Kier alpha value is -2.96. The van der Waals surface area contributed by atoms with E-state index in [1.54, 1.807) is 12.1 Å². The summed E-state index contributed by atoms with van der Waals surface area (Å²) in [6.07, 6.45) is 0.696. The van der Waals surface area contributed by atoms with Crippen molar-refractivity contribution in [1.82, 2.24) is 14.9 Å². The number of morpholine rings is 1. The first kappa shape index (κ1) is 20.0. The van der Waals surface area contributed by atoms with Crippen LogP contribution in [0.15, 0.2) is 54.6 Å². The number of carbonyl (C=O) groups excluding carboxylic acids is 1. The second kappa shape index (κ2) is 8.65. The maximum atomic E-state index is 13.1. The molecule has 1 saturated heterocycles. The van der Waals surface area contributed by atoms with Crippen LogP contribution in [0.4, 0.5) is 5.82 Å². The van der Waals surface area contributed by atoms with Gasteiger partial charge in [-0.1, -0.05) is 48.0 Å². The number of anilines is 1. The van der Waals surface area contributed by atoms with E-state index in [1.807, 2.05) is 47.4 Å². The third-order valence-electron chi connectivity index (χ3n) is 5.74. The second-order valence-corrected chi connectivity index (χ2v) is 8.19. The number of hydrogen-bond donors (Lipinski definition) is 0. The van der Waals surface area contributed by atoms with Crippen LogP contribution >= 0.6 is 11.6 Å². The molecule has 1 aromatic heterocycles. The maximum Gasteiger partial charge on any atom is 0.254 e. The molecule has 5 rings (SSSR count). The molecule has 1 amide bonds. The van der Waals surface area contributed by atoms with Crippen molar-refractivity contribution in [2.24, 2.45) is 0 Å². The van der Waals surface area contributed by atoms with Crippen molar-refractivity contribution >= 4 is 23.3 Å². The van der Waals surface area contributed by atoms with Gasteiger partial charge in [-0.05, 0) is 18.2 Å². The fraction of sp³-hybridized carbons (Fsp3) is 0.292. The predicted octanol–water partition coefficient (Wildman–Crippen LogP) is 3.83. The third kappa shape index (κ3) is 4.13. The molecule has 7 heteroatoms. The lowest BCUT2D eigenvalue weighted by atomic mass is 10.0. The summed E-state index contributed by atoms with van der Waals surface area (Å²) >= 11 is 6.10. The molecule has 0 saturated carbocycles. The Morgan fingerprint density at radius 2 is 1.77 bits per heavy atom. The number of nitrogens with zero attached hydrogens (tertiary/aromatic N) is 4.